The molecule has 0 amide bonds. The van der Waals surface area contributed by atoms with Crippen LogP contribution in [0.4, 0.5) is 5.69 Å². The van der Waals surface area contributed by atoms with Crippen LogP contribution in [0.3, 0.4) is 0 Å². The van der Waals surface area contributed by atoms with Gasteiger partial charge in [0.25, 0.3) is 0 Å². The van der Waals surface area contributed by atoms with E-state index < -0.39 is 10.0 Å². The van der Waals surface area contributed by atoms with Gasteiger partial charge in [0.1, 0.15) is 5.76 Å². The van der Waals surface area contributed by atoms with Gasteiger partial charge in [-0.25, -0.2) is 13.4 Å². The fourth-order valence-corrected chi connectivity index (χ4v) is 3.45. The third-order valence-electron chi connectivity index (χ3n) is 4.63. The second kappa shape index (κ2) is 9.39. The molecule has 154 valence electrons. The number of aryl methyl sites for hydroxylation is 1. The van der Waals surface area contributed by atoms with Gasteiger partial charge in [0.15, 0.2) is 0 Å². The molecule has 2 rings (SSSR count). The maximum Gasteiger partial charge on any atom is 0.229 e. The first-order valence-electron chi connectivity index (χ1n) is 9.44. The lowest BCUT2D eigenvalue weighted by Gasteiger charge is -2.23. The molecule has 0 bridgehead atoms. The van der Waals surface area contributed by atoms with Crippen LogP contribution in [0.1, 0.15) is 45.1 Å². The van der Waals surface area contributed by atoms with Crippen LogP contribution >= 0.6 is 0 Å². The molecule has 0 aliphatic heterocycles. The number of benzene rings is 1. The molecular weight excluding hydrogens is 374 g/mol. The fourth-order valence-electron chi connectivity index (χ4n) is 2.87. The van der Waals surface area contributed by atoms with Gasteiger partial charge in [0.2, 0.25) is 15.9 Å². The first-order valence-corrected chi connectivity index (χ1v) is 11.3. The van der Waals surface area contributed by atoms with Crippen molar-refractivity contribution in [2.75, 3.05) is 18.0 Å². The van der Waals surface area contributed by atoms with E-state index in [9.17, 15) is 8.42 Å². The van der Waals surface area contributed by atoms with Gasteiger partial charge in [-0.05, 0) is 59.7 Å². The Balaban J connectivity index is 2.17. The molecule has 28 heavy (non-hydrogen) atoms. The molecular formula is C21H31N3O3S. The molecule has 0 unspecified atom stereocenters. The van der Waals surface area contributed by atoms with Gasteiger partial charge < -0.3 is 4.42 Å². The van der Waals surface area contributed by atoms with Gasteiger partial charge in [-0.3, -0.25) is 9.62 Å². The Kier molecular flexibility index (Phi) is 7.43. The standard InChI is InChI=1S/C21H31N3O3S/c1-15(2)10-9-11-16(3)24(5)14-20-17(4)27-21(22-20)18-12-7-8-13-19(18)23-28(6,25)26/h7-8,10,12-13,16,23H,9,11,14H2,1-6H3/t16-/m1/s1. The third kappa shape index (κ3) is 6.49. The van der Waals surface area contributed by atoms with E-state index in [1.165, 1.54) is 5.57 Å². The minimum atomic E-state index is -3.39. The van der Waals surface area contributed by atoms with Crippen molar-refractivity contribution in [3.05, 3.63) is 47.4 Å². The Bertz CT molecular complexity index is 928. The molecule has 0 fully saturated rings. The number of aromatic nitrogens is 1. The Morgan fingerprint density at radius 2 is 2.00 bits per heavy atom. The van der Waals surface area contributed by atoms with Crippen LogP contribution in [-0.4, -0.2) is 37.6 Å². The summed E-state index contributed by atoms with van der Waals surface area (Å²) in [7, 11) is -1.31. The summed E-state index contributed by atoms with van der Waals surface area (Å²) in [6.45, 7) is 9.00. The number of oxazole rings is 1. The number of sulfonamides is 1. The van der Waals surface area contributed by atoms with Crippen molar-refractivity contribution in [1.82, 2.24) is 9.88 Å². The van der Waals surface area contributed by atoms with Crippen LogP contribution in [0.2, 0.25) is 0 Å². The van der Waals surface area contributed by atoms with E-state index in [2.05, 4.69) is 48.5 Å². The highest BCUT2D eigenvalue weighted by atomic mass is 32.2. The van der Waals surface area contributed by atoms with Crippen molar-refractivity contribution in [3.63, 3.8) is 0 Å². The number of nitrogens with zero attached hydrogens (tertiary/aromatic N) is 2. The van der Waals surface area contributed by atoms with E-state index in [0.717, 1.165) is 30.6 Å². The number of para-hydroxylation sites is 1. The maximum atomic E-state index is 11.6. The molecule has 1 atom stereocenters. The van der Waals surface area contributed by atoms with E-state index in [-0.39, 0.29) is 0 Å². The summed E-state index contributed by atoms with van der Waals surface area (Å²) in [6.07, 6.45) is 5.52. The van der Waals surface area contributed by atoms with Crippen LogP contribution in [0.5, 0.6) is 0 Å². The van der Waals surface area contributed by atoms with Crippen molar-refractivity contribution in [1.29, 1.82) is 0 Å². The third-order valence-corrected chi connectivity index (χ3v) is 5.22. The molecule has 0 spiro atoms. The van der Waals surface area contributed by atoms with Crippen molar-refractivity contribution >= 4 is 15.7 Å². The predicted octanol–water partition coefficient (Wildman–Crippen LogP) is 4.59. The first-order chi connectivity index (χ1) is 13.1. The summed E-state index contributed by atoms with van der Waals surface area (Å²) in [5.41, 5.74) is 3.29. The van der Waals surface area contributed by atoms with Crippen molar-refractivity contribution in [2.45, 2.75) is 53.1 Å². The van der Waals surface area contributed by atoms with Crippen LogP contribution < -0.4 is 4.72 Å². The van der Waals surface area contributed by atoms with Crippen LogP contribution in [0.25, 0.3) is 11.5 Å². The minimum absolute atomic E-state index is 0.411. The predicted molar refractivity (Wildman–Crippen MR) is 115 cm³/mol. The summed E-state index contributed by atoms with van der Waals surface area (Å²) >= 11 is 0. The maximum absolute atomic E-state index is 11.6. The average molecular weight is 406 g/mol. The number of anilines is 1. The molecule has 0 aliphatic rings. The van der Waals surface area contributed by atoms with Crippen LogP contribution in [-0.2, 0) is 16.6 Å². The Labute approximate surface area is 168 Å². The largest absolute Gasteiger partial charge is 0.441 e. The van der Waals surface area contributed by atoms with Gasteiger partial charge in [-0.1, -0.05) is 23.8 Å². The molecule has 0 aliphatic carbocycles. The van der Waals surface area contributed by atoms with Gasteiger partial charge >= 0.3 is 0 Å². The van der Waals surface area contributed by atoms with Crippen molar-refractivity contribution in [3.8, 4) is 11.5 Å². The number of hydrogen-bond donors (Lipinski definition) is 1. The zero-order valence-corrected chi connectivity index (χ0v) is 18.4. The van der Waals surface area contributed by atoms with Gasteiger partial charge in [-0.2, -0.15) is 0 Å². The Morgan fingerprint density at radius 1 is 1.32 bits per heavy atom. The summed E-state index contributed by atoms with van der Waals surface area (Å²) < 4.78 is 31.7. The topological polar surface area (TPSA) is 75.4 Å². The fraction of sp³-hybridized carbons (Fsp3) is 0.476. The highest BCUT2D eigenvalue weighted by Gasteiger charge is 2.18. The van der Waals surface area contributed by atoms with E-state index in [1.807, 2.05) is 13.0 Å². The smallest absolute Gasteiger partial charge is 0.229 e. The van der Waals surface area contributed by atoms with Crippen molar-refractivity contribution in [2.24, 2.45) is 0 Å². The van der Waals surface area contributed by atoms with E-state index in [1.54, 1.807) is 18.2 Å². The zero-order valence-electron chi connectivity index (χ0n) is 17.6. The van der Waals surface area contributed by atoms with Gasteiger partial charge in [0, 0.05) is 12.6 Å². The lowest BCUT2D eigenvalue weighted by molar-refractivity contribution is 0.235. The zero-order chi connectivity index (χ0) is 20.9. The van der Waals surface area contributed by atoms with Crippen LogP contribution in [0.15, 0.2) is 40.3 Å². The second-order valence-corrected chi connectivity index (χ2v) is 9.31. The molecule has 0 radical (unpaired) electrons. The normalized spacial score (nSPS) is 12.8. The number of rotatable bonds is 9. The number of hydrogen-bond acceptors (Lipinski definition) is 5. The molecule has 7 heteroatoms. The Hall–Kier alpha value is -2.12. The van der Waals surface area contributed by atoms with Crippen molar-refractivity contribution < 1.29 is 12.8 Å². The minimum Gasteiger partial charge on any atom is -0.441 e. The van der Waals surface area contributed by atoms with Gasteiger partial charge in [0.05, 0.1) is 23.2 Å². The number of nitrogens with one attached hydrogen (secondary N) is 1. The first kappa shape index (κ1) is 22.2. The summed E-state index contributed by atoms with van der Waals surface area (Å²) in [5.74, 6) is 1.16. The van der Waals surface area contributed by atoms with E-state index in [4.69, 9.17) is 4.42 Å². The Morgan fingerprint density at radius 3 is 2.64 bits per heavy atom. The average Bonchev–Trinajstić information content (AvgIpc) is 2.94. The second-order valence-electron chi connectivity index (χ2n) is 7.56. The van der Waals surface area contributed by atoms with E-state index in [0.29, 0.717) is 29.7 Å². The SMILES string of the molecule is CC(C)=CCC[C@@H](C)N(C)Cc1nc(-c2ccccc2NS(C)(=O)=O)oc1C. The summed E-state index contributed by atoms with van der Waals surface area (Å²) in [5, 5.41) is 0. The molecule has 0 saturated carbocycles. The highest BCUT2D eigenvalue weighted by molar-refractivity contribution is 7.92. The quantitative estimate of drug-likeness (QED) is 0.618. The molecule has 1 N–H and O–H groups in total. The summed E-state index contributed by atoms with van der Waals surface area (Å²) in [4.78, 5) is 6.90. The molecule has 2 aromatic rings. The van der Waals surface area contributed by atoms with Gasteiger partial charge in [-0.15, -0.1) is 0 Å². The molecule has 0 saturated heterocycles. The van der Waals surface area contributed by atoms with Crippen LogP contribution in [0, 0.1) is 6.92 Å². The highest BCUT2D eigenvalue weighted by Crippen LogP contribution is 2.29. The molecule has 1 aromatic heterocycles. The summed E-state index contributed by atoms with van der Waals surface area (Å²) in [6, 6.07) is 7.52. The van der Waals surface area contributed by atoms with E-state index >= 15 is 0 Å². The molecule has 1 heterocycles. The lowest BCUT2D eigenvalue weighted by atomic mass is 10.1. The lowest BCUT2D eigenvalue weighted by Crippen LogP contribution is -2.28. The monoisotopic (exact) mass is 405 g/mol. The molecule has 6 nitrogen and oxygen atoms in total. The number of allylic oxidation sites excluding steroid dienone is 2. The molecule has 1 aromatic carbocycles.